The Morgan fingerprint density at radius 3 is 2.97 bits per heavy atom. The Morgan fingerprint density at radius 1 is 1.37 bits per heavy atom. The van der Waals surface area contributed by atoms with Gasteiger partial charge in [-0.1, -0.05) is 0 Å². The Hall–Kier alpha value is -3.83. The highest BCUT2D eigenvalue weighted by Crippen LogP contribution is 2.26. The molecule has 4 rings (SSSR count). The molecule has 12 heteroatoms. The molecule has 0 unspecified atom stereocenters. The van der Waals surface area contributed by atoms with Crippen LogP contribution in [0, 0.1) is 21.8 Å². The molecule has 1 amide bonds. The lowest BCUT2D eigenvalue weighted by Gasteiger charge is -2.30. The number of rotatable bonds is 5. The van der Waals surface area contributed by atoms with Crippen molar-refractivity contribution in [2.75, 3.05) is 25.0 Å². The number of likely N-dealkylation sites (tertiary alicyclic amines) is 1. The van der Waals surface area contributed by atoms with Gasteiger partial charge in [-0.25, -0.2) is 24.1 Å². The molecule has 1 fully saturated rings. The van der Waals surface area contributed by atoms with Gasteiger partial charge >= 0.3 is 11.8 Å². The number of carbonyl (C=O) groups is 1. The summed E-state index contributed by atoms with van der Waals surface area (Å²) < 4.78 is 15.1. The topological polar surface area (TPSA) is 139 Å². The predicted octanol–water partition coefficient (Wildman–Crippen LogP) is 2.64. The van der Waals surface area contributed by atoms with Crippen LogP contribution in [0.2, 0.25) is 0 Å². The number of nitrogens with one attached hydrogen (secondary N) is 1. The summed E-state index contributed by atoms with van der Waals surface area (Å²) in [5.74, 6) is -0.305. The van der Waals surface area contributed by atoms with Crippen molar-refractivity contribution in [3.05, 3.63) is 46.7 Å². The van der Waals surface area contributed by atoms with E-state index in [0.29, 0.717) is 31.0 Å². The van der Waals surface area contributed by atoms with Crippen LogP contribution in [0.1, 0.15) is 12.8 Å². The highest BCUT2D eigenvalue weighted by molar-refractivity contribution is 5.65. The zero-order chi connectivity index (χ0) is 21.3. The molecule has 1 saturated heterocycles. The van der Waals surface area contributed by atoms with E-state index in [4.69, 9.17) is 5.11 Å². The summed E-state index contributed by atoms with van der Waals surface area (Å²) in [6.07, 6.45) is 4.34. The predicted molar refractivity (Wildman–Crippen MR) is 104 cm³/mol. The number of piperidine rings is 1. The summed E-state index contributed by atoms with van der Waals surface area (Å²) >= 11 is 0. The number of fused-ring (bicyclic) bond motifs is 1. The van der Waals surface area contributed by atoms with E-state index in [0.717, 1.165) is 19.0 Å². The average Bonchev–Trinajstić information content (AvgIpc) is 3.15. The summed E-state index contributed by atoms with van der Waals surface area (Å²) in [7, 11) is 0. The van der Waals surface area contributed by atoms with Crippen LogP contribution in [0.3, 0.4) is 0 Å². The van der Waals surface area contributed by atoms with Gasteiger partial charge in [0.2, 0.25) is 5.82 Å². The number of nitrogens with zero attached hydrogens (tertiary/aromatic N) is 6. The lowest BCUT2D eigenvalue weighted by atomic mass is 9.98. The molecule has 2 N–H and O–H groups in total. The number of hydrogen-bond acceptors (Lipinski definition) is 7. The van der Waals surface area contributed by atoms with Crippen molar-refractivity contribution in [1.29, 1.82) is 0 Å². The molecule has 0 radical (unpaired) electrons. The zero-order valence-corrected chi connectivity index (χ0v) is 15.7. The fourth-order valence-corrected chi connectivity index (χ4v) is 3.53. The van der Waals surface area contributed by atoms with E-state index in [-0.39, 0.29) is 23.2 Å². The van der Waals surface area contributed by atoms with Gasteiger partial charge in [0.1, 0.15) is 23.4 Å². The lowest BCUT2D eigenvalue weighted by Crippen LogP contribution is -2.41. The van der Waals surface area contributed by atoms with Gasteiger partial charge in [-0.05, 0) is 30.9 Å². The van der Waals surface area contributed by atoms with E-state index in [1.807, 2.05) is 0 Å². The second kappa shape index (κ2) is 7.89. The van der Waals surface area contributed by atoms with Gasteiger partial charge in [0.15, 0.2) is 5.82 Å². The summed E-state index contributed by atoms with van der Waals surface area (Å²) in [6.45, 7) is 1.15. The first-order valence-corrected chi connectivity index (χ1v) is 9.28. The molecule has 0 aliphatic carbocycles. The molecule has 4 heterocycles. The standard InChI is InChI=1S/C18H18FN7O4/c19-12-3-4-15-20-7-13(25(15)10-12)16-22-8-14(26(29)30)17(23-16)21-6-11-2-1-5-24(9-11)18(27)28/h3-4,7-8,10-11H,1-2,5-6,9H2,(H,27,28)(H,21,22,23)/t11-/m1/s1. The van der Waals surface area contributed by atoms with Crippen molar-refractivity contribution in [3.8, 4) is 11.5 Å². The van der Waals surface area contributed by atoms with Gasteiger partial charge in [-0.15, -0.1) is 0 Å². The Morgan fingerprint density at radius 2 is 2.20 bits per heavy atom. The average molecular weight is 415 g/mol. The van der Waals surface area contributed by atoms with Crippen molar-refractivity contribution < 1.29 is 19.2 Å². The smallest absolute Gasteiger partial charge is 0.407 e. The zero-order valence-electron chi connectivity index (χ0n) is 15.7. The number of halogens is 1. The number of carboxylic acid groups (broad SMARTS) is 1. The van der Waals surface area contributed by atoms with Crippen LogP contribution in [0.4, 0.5) is 20.7 Å². The number of imidazole rings is 1. The number of pyridine rings is 1. The van der Waals surface area contributed by atoms with Crippen LogP contribution in [-0.4, -0.2) is 60.0 Å². The van der Waals surface area contributed by atoms with Crippen molar-refractivity contribution >= 4 is 23.2 Å². The van der Waals surface area contributed by atoms with E-state index in [1.54, 1.807) is 0 Å². The van der Waals surface area contributed by atoms with Gasteiger partial charge in [0.05, 0.1) is 11.1 Å². The molecule has 3 aromatic rings. The second-order valence-corrected chi connectivity index (χ2v) is 7.02. The Kier molecular flexibility index (Phi) is 5.12. The largest absolute Gasteiger partial charge is 0.465 e. The highest BCUT2D eigenvalue weighted by atomic mass is 19.1. The summed E-state index contributed by atoms with van der Waals surface area (Å²) in [5, 5.41) is 23.5. The Bertz CT molecular complexity index is 1120. The van der Waals surface area contributed by atoms with E-state index in [2.05, 4.69) is 20.3 Å². The van der Waals surface area contributed by atoms with Gasteiger partial charge in [0, 0.05) is 25.8 Å². The molecule has 156 valence electrons. The molecule has 3 aromatic heterocycles. The number of aromatic nitrogens is 4. The van der Waals surface area contributed by atoms with Crippen LogP contribution in [0.25, 0.3) is 17.2 Å². The third-order valence-electron chi connectivity index (χ3n) is 5.01. The normalized spacial score (nSPS) is 16.6. The van der Waals surface area contributed by atoms with Crippen LogP contribution in [0.5, 0.6) is 0 Å². The van der Waals surface area contributed by atoms with E-state index < -0.39 is 16.8 Å². The Labute approximate surface area is 169 Å². The van der Waals surface area contributed by atoms with Crippen LogP contribution in [-0.2, 0) is 0 Å². The summed E-state index contributed by atoms with van der Waals surface area (Å²) in [4.78, 5) is 35.8. The maximum Gasteiger partial charge on any atom is 0.407 e. The van der Waals surface area contributed by atoms with Gasteiger partial charge in [-0.3, -0.25) is 14.5 Å². The summed E-state index contributed by atoms with van der Waals surface area (Å²) in [5.41, 5.74) is 0.570. The fourth-order valence-electron chi connectivity index (χ4n) is 3.53. The van der Waals surface area contributed by atoms with Gasteiger partial charge in [0.25, 0.3) is 0 Å². The minimum atomic E-state index is -0.977. The molecule has 0 saturated carbocycles. The first-order valence-electron chi connectivity index (χ1n) is 9.28. The van der Waals surface area contributed by atoms with Crippen molar-refractivity contribution in [2.24, 2.45) is 5.92 Å². The minimum Gasteiger partial charge on any atom is -0.465 e. The molecule has 1 aliphatic heterocycles. The second-order valence-electron chi connectivity index (χ2n) is 7.02. The molecule has 0 spiro atoms. The van der Waals surface area contributed by atoms with Gasteiger partial charge in [-0.2, -0.15) is 0 Å². The number of nitro groups is 1. The Balaban J connectivity index is 1.61. The van der Waals surface area contributed by atoms with E-state index in [9.17, 15) is 19.3 Å². The molecule has 1 aliphatic rings. The van der Waals surface area contributed by atoms with Crippen molar-refractivity contribution in [2.45, 2.75) is 12.8 Å². The molecule has 0 bridgehead atoms. The SMILES string of the molecule is O=C(O)N1CCC[C@H](CNc2nc(-c3cnc4ccc(F)cn34)ncc2[N+](=O)[O-])C1. The third-order valence-corrected chi connectivity index (χ3v) is 5.01. The molecule has 1 atom stereocenters. The van der Waals surface area contributed by atoms with Crippen LogP contribution >= 0.6 is 0 Å². The maximum atomic E-state index is 13.6. The lowest BCUT2D eigenvalue weighted by molar-refractivity contribution is -0.384. The number of anilines is 1. The maximum absolute atomic E-state index is 13.6. The van der Waals surface area contributed by atoms with Gasteiger partial charge < -0.3 is 15.3 Å². The van der Waals surface area contributed by atoms with Crippen LogP contribution < -0.4 is 5.32 Å². The first kappa shape index (κ1) is 19.5. The quantitative estimate of drug-likeness (QED) is 0.479. The molecule has 11 nitrogen and oxygen atoms in total. The monoisotopic (exact) mass is 415 g/mol. The molecular weight excluding hydrogens is 397 g/mol. The van der Waals surface area contributed by atoms with Crippen molar-refractivity contribution in [3.63, 3.8) is 0 Å². The highest BCUT2D eigenvalue weighted by Gasteiger charge is 2.25. The van der Waals surface area contributed by atoms with E-state index >= 15 is 0 Å². The molecule has 30 heavy (non-hydrogen) atoms. The first-order chi connectivity index (χ1) is 14.4. The number of hydrogen-bond donors (Lipinski definition) is 2. The molecule has 0 aromatic carbocycles. The summed E-state index contributed by atoms with van der Waals surface area (Å²) in [6, 6.07) is 2.78. The fraction of sp³-hybridized carbons (Fsp3) is 0.333. The third kappa shape index (κ3) is 3.83. The van der Waals surface area contributed by atoms with Crippen LogP contribution in [0.15, 0.2) is 30.7 Å². The number of amides is 1. The molecular formula is C18H18FN7O4. The van der Waals surface area contributed by atoms with E-state index in [1.165, 1.54) is 33.8 Å². The minimum absolute atomic E-state index is 0.00207. The van der Waals surface area contributed by atoms with Crippen molar-refractivity contribution in [1.82, 2.24) is 24.3 Å².